The predicted octanol–water partition coefficient (Wildman–Crippen LogP) is 6.39. The maximum atomic E-state index is 11.7. The molecule has 26 heavy (non-hydrogen) atoms. The van der Waals surface area contributed by atoms with Crippen molar-refractivity contribution in [3.8, 4) is 0 Å². The SMILES string of the molecule is CC(=O)CCCCCCCCCCCCCC(=O)OCc1ccccc1. The summed E-state index contributed by atoms with van der Waals surface area (Å²) in [6.07, 6.45) is 14.5. The van der Waals surface area contributed by atoms with Crippen LogP contribution in [0.15, 0.2) is 30.3 Å². The quantitative estimate of drug-likeness (QED) is 0.253. The standard InChI is InChI=1S/C23H36O3/c1-21(24)16-12-9-7-5-3-2-4-6-8-10-15-19-23(25)26-20-22-17-13-11-14-18-22/h11,13-14,17-18H,2-10,12,15-16,19-20H2,1H3. The first-order valence-corrected chi connectivity index (χ1v) is 10.4. The van der Waals surface area contributed by atoms with E-state index < -0.39 is 0 Å². The fourth-order valence-corrected chi connectivity index (χ4v) is 3.04. The Kier molecular flexibility index (Phi) is 13.4. The molecule has 0 aliphatic heterocycles. The van der Waals surface area contributed by atoms with Gasteiger partial charge < -0.3 is 9.53 Å². The molecule has 1 aromatic rings. The number of Topliss-reactive ketones (excluding diaryl/α,β-unsaturated/α-hetero) is 1. The maximum Gasteiger partial charge on any atom is 0.306 e. The number of hydrogen-bond donors (Lipinski definition) is 0. The lowest BCUT2D eigenvalue weighted by molar-refractivity contribution is -0.145. The molecule has 0 N–H and O–H groups in total. The molecule has 0 bridgehead atoms. The average molecular weight is 361 g/mol. The number of unbranched alkanes of at least 4 members (excludes halogenated alkanes) is 10. The first-order chi connectivity index (χ1) is 12.7. The van der Waals surface area contributed by atoms with Crippen molar-refractivity contribution in [2.75, 3.05) is 0 Å². The van der Waals surface area contributed by atoms with Gasteiger partial charge in [0.1, 0.15) is 12.4 Å². The molecule has 0 spiro atoms. The summed E-state index contributed by atoms with van der Waals surface area (Å²) in [4.78, 5) is 22.5. The van der Waals surface area contributed by atoms with Crippen LogP contribution >= 0.6 is 0 Å². The number of ether oxygens (including phenoxy) is 1. The molecule has 0 unspecified atom stereocenters. The molecule has 3 heteroatoms. The van der Waals surface area contributed by atoms with Gasteiger partial charge in [0, 0.05) is 12.8 Å². The van der Waals surface area contributed by atoms with Crippen LogP contribution in [-0.4, -0.2) is 11.8 Å². The van der Waals surface area contributed by atoms with Crippen LogP contribution in [0, 0.1) is 0 Å². The summed E-state index contributed by atoms with van der Waals surface area (Å²) in [7, 11) is 0. The molecule has 0 fully saturated rings. The number of carbonyl (C=O) groups excluding carboxylic acids is 2. The van der Waals surface area contributed by atoms with E-state index in [1.807, 2.05) is 30.3 Å². The Labute approximate surface area is 159 Å². The average Bonchev–Trinajstić information content (AvgIpc) is 2.64. The van der Waals surface area contributed by atoms with Crippen LogP contribution in [0.25, 0.3) is 0 Å². The van der Waals surface area contributed by atoms with Crippen LogP contribution < -0.4 is 0 Å². The van der Waals surface area contributed by atoms with Crippen molar-refractivity contribution in [3.05, 3.63) is 35.9 Å². The van der Waals surface area contributed by atoms with Gasteiger partial charge in [-0.1, -0.05) is 88.1 Å². The molecule has 3 nitrogen and oxygen atoms in total. The molecule has 0 heterocycles. The highest BCUT2D eigenvalue weighted by Crippen LogP contribution is 2.13. The van der Waals surface area contributed by atoms with E-state index in [0.29, 0.717) is 18.8 Å². The number of hydrogen-bond acceptors (Lipinski definition) is 3. The van der Waals surface area contributed by atoms with Gasteiger partial charge in [0.15, 0.2) is 0 Å². The highest BCUT2D eigenvalue weighted by Gasteiger charge is 2.03. The van der Waals surface area contributed by atoms with Crippen molar-refractivity contribution in [2.24, 2.45) is 0 Å². The molecule has 1 rings (SSSR count). The van der Waals surface area contributed by atoms with Gasteiger partial charge in [-0.05, 0) is 25.3 Å². The van der Waals surface area contributed by atoms with Crippen molar-refractivity contribution in [2.45, 2.75) is 97.0 Å². The van der Waals surface area contributed by atoms with E-state index in [1.165, 1.54) is 51.4 Å². The number of ketones is 1. The minimum absolute atomic E-state index is 0.0846. The van der Waals surface area contributed by atoms with Crippen molar-refractivity contribution in [1.29, 1.82) is 0 Å². The molecule has 0 aromatic heterocycles. The molecule has 0 atom stereocenters. The van der Waals surface area contributed by atoms with E-state index in [2.05, 4.69) is 0 Å². The molecule has 0 aliphatic rings. The summed E-state index contributed by atoms with van der Waals surface area (Å²) >= 11 is 0. The van der Waals surface area contributed by atoms with E-state index in [1.54, 1.807) is 6.92 Å². The van der Waals surface area contributed by atoms with Crippen LogP contribution in [-0.2, 0) is 20.9 Å². The van der Waals surface area contributed by atoms with Crippen LogP contribution in [0.4, 0.5) is 0 Å². The van der Waals surface area contributed by atoms with Crippen LogP contribution in [0.2, 0.25) is 0 Å². The Morgan fingerprint density at radius 1 is 0.692 bits per heavy atom. The lowest BCUT2D eigenvalue weighted by atomic mass is 10.0. The summed E-state index contributed by atoms with van der Waals surface area (Å²) in [5.41, 5.74) is 1.04. The van der Waals surface area contributed by atoms with Gasteiger partial charge >= 0.3 is 5.97 Å². The second kappa shape index (κ2) is 15.6. The van der Waals surface area contributed by atoms with Gasteiger partial charge in [-0.2, -0.15) is 0 Å². The van der Waals surface area contributed by atoms with Crippen LogP contribution in [0.5, 0.6) is 0 Å². The summed E-state index contributed by atoms with van der Waals surface area (Å²) in [6.45, 7) is 2.06. The zero-order chi connectivity index (χ0) is 18.9. The smallest absolute Gasteiger partial charge is 0.306 e. The minimum Gasteiger partial charge on any atom is -0.461 e. The van der Waals surface area contributed by atoms with E-state index in [-0.39, 0.29) is 5.97 Å². The Hall–Kier alpha value is -1.64. The number of carbonyl (C=O) groups is 2. The van der Waals surface area contributed by atoms with Crippen LogP contribution in [0.1, 0.15) is 96.0 Å². The van der Waals surface area contributed by atoms with E-state index in [4.69, 9.17) is 4.74 Å². The number of esters is 1. The van der Waals surface area contributed by atoms with Gasteiger partial charge in [0.05, 0.1) is 0 Å². The fraction of sp³-hybridized carbons (Fsp3) is 0.652. The zero-order valence-corrected chi connectivity index (χ0v) is 16.5. The van der Waals surface area contributed by atoms with E-state index in [0.717, 1.165) is 31.2 Å². The molecule has 1 aromatic carbocycles. The Bertz CT molecular complexity index is 481. The van der Waals surface area contributed by atoms with Crippen molar-refractivity contribution in [3.63, 3.8) is 0 Å². The van der Waals surface area contributed by atoms with Gasteiger partial charge in [0.2, 0.25) is 0 Å². The second-order valence-electron chi connectivity index (χ2n) is 7.24. The molecule has 0 saturated carbocycles. The fourth-order valence-electron chi connectivity index (χ4n) is 3.04. The Balaban J connectivity index is 1.80. The van der Waals surface area contributed by atoms with Gasteiger partial charge in [-0.25, -0.2) is 0 Å². The number of rotatable bonds is 16. The molecule has 0 radical (unpaired) electrons. The van der Waals surface area contributed by atoms with Crippen LogP contribution in [0.3, 0.4) is 0 Å². The Morgan fingerprint density at radius 2 is 1.15 bits per heavy atom. The summed E-state index contributed by atoms with van der Waals surface area (Å²) in [6, 6.07) is 9.82. The summed E-state index contributed by atoms with van der Waals surface area (Å²) in [5, 5.41) is 0. The minimum atomic E-state index is -0.0846. The molecule has 146 valence electrons. The third-order valence-electron chi connectivity index (χ3n) is 4.65. The summed E-state index contributed by atoms with van der Waals surface area (Å²) < 4.78 is 5.28. The van der Waals surface area contributed by atoms with Gasteiger partial charge in [-0.15, -0.1) is 0 Å². The first kappa shape index (κ1) is 22.4. The molecule has 0 amide bonds. The highest BCUT2D eigenvalue weighted by atomic mass is 16.5. The number of benzene rings is 1. The molecular weight excluding hydrogens is 324 g/mol. The monoisotopic (exact) mass is 360 g/mol. The van der Waals surface area contributed by atoms with E-state index in [9.17, 15) is 9.59 Å². The van der Waals surface area contributed by atoms with Crippen molar-refractivity contribution >= 4 is 11.8 Å². The largest absolute Gasteiger partial charge is 0.461 e. The summed E-state index contributed by atoms with van der Waals surface area (Å²) in [5.74, 6) is 0.230. The zero-order valence-electron chi connectivity index (χ0n) is 16.5. The Morgan fingerprint density at radius 3 is 1.65 bits per heavy atom. The lowest BCUT2D eigenvalue weighted by Gasteiger charge is -2.05. The predicted molar refractivity (Wildman–Crippen MR) is 107 cm³/mol. The van der Waals surface area contributed by atoms with E-state index >= 15 is 0 Å². The molecule has 0 saturated heterocycles. The second-order valence-corrected chi connectivity index (χ2v) is 7.24. The third-order valence-corrected chi connectivity index (χ3v) is 4.65. The normalized spacial score (nSPS) is 10.7. The lowest BCUT2D eigenvalue weighted by Crippen LogP contribution is -2.04. The highest BCUT2D eigenvalue weighted by molar-refractivity contribution is 5.75. The first-order valence-electron chi connectivity index (χ1n) is 10.4. The topological polar surface area (TPSA) is 43.4 Å². The third kappa shape index (κ3) is 13.6. The van der Waals surface area contributed by atoms with Crippen molar-refractivity contribution in [1.82, 2.24) is 0 Å². The molecular formula is C23H36O3. The van der Waals surface area contributed by atoms with Crippen molar-refractivity contribution < 1.29 is 14.3 Å². The maximum absolute atomic E-state index is 11.7. The molecule has 0 aliphatic carbocycles. The van der Waals surface area contributed by atoms with Gasteiger partial charge in [-0.3, -0.25) is 4.79 Å². The van der Waals surface area contributed by atoms with Gasteiger partial charge in [0.25, 0.3) is 0 Å².